The maximum atomic E-state index is 12.2. The molecule has 0 aromatic carbocycles. The fourth-order valence-electron chi connectivity index (χ4n) is 4.15. The van der Waals surface area contributed by atoms with Gasteiger partial charge in [-0.05, 0) is 31.6 Å². The molecule has 1 amide bonds. The quantitative estimate of drug-likeness (QED) is 0.340. The van der Waals surface area contributed by atoms with Crippen LogP contribution in [0.15, 0.2) is 4.99 Å². The molecule has 2 N–H and O–H groups in total. The summed E-state index contributed by atoms with van der Waals surface area (Å²) in [4.78, 5) is 19.1. The predicted octanol–water partition coefficient (Wildman–Crippen LogP) is 3.26. The lowest BCUT2D eigenvalue weighted by Gasteiger charge is -2.39. The summed E-state index contributed by atoms with van der Waals surface area (Å²) in [5.41, 5.74) is 0.134. The zero-order valence-corrected chi connectivity index (χ0v) is 20.9. The highest BCUT2D eigenvalue weighted by Crippen LogP contribution is 2.34. The van der Waals surface area contributed by atoms with E-state index in [4.69, 9.17) is 9.73 Å². The summed E-state index contributed by atoms with van der Waals surface area (Å²) in [5.74, 6) is 1.62. The number of halogens is 1. The Bertz CT molecular complexity index is 519. The molecular formula is C21H41IN4O2. The van der Waals surface area contributed by atoms with E-state index in [1.165, 1.54) is 6.42 Å². The number of rotatable bonds is 5. The SMILES string of the molecule is CCNC(=NCC1CCCOC1C(C)(C)C)NC1CCN(C(=O)C(C)C)C1.I. The molecule has 2 aliphatic rings. The standard InChI is InChI=1S/C21H40N4O2.HI/c1-7-22-20(24-17-10-11-25(14-17)19(26)15(2)3)23-13-16-9-8-12-27-18(16)21(4,5)6;/h15-18H,7-14H2,1-6H3,(H2,22,23,24);1H. The maximum Gasteiger partial charge on any atom is 0.225 e. The minimum Gasteiger partial charge on any atom is -0.377 e. The second-order valence-corrected chi connectivity index (χ2v) is 9.35. The van der Waals surface area contributed by atoms with Crippen molar-refractivity contribution in [2.24, 2.45) is 22.2 Å². The Morgan fingerprint density at radius 1 is 1.29 bits per heavy atom. The number of guanidine groups is 1. The highest BCUT2D eigenvalue weighted by Gasteiger charge is 2.35. The van der Waals surface area contributed by atoms with Gasteiger partial charge in [-0.3, -0.25) is 9.79 Å². The molecule has 164 valence electrons. The van der Waals surface area contributed by atoms with Crippen LogP contribution in [0.5, 0.6) is 0 Å². The Kier molecular flexibility index (Phi) is 10.5. The van der Waals surface area contributed by atoms with E-state index in [-0.39, 0.29) is 53.4 Å². The minimum absolute atomic E-state index is 0. The van der Waals surface area contributed by atoms with E-state index >= 15 is 0 Å². The Morgan fingerprint density at radius 2 is 2.00 bits per heavy atom. The van der Waals surface area contributed by atoms with E-state index in [0.29, 0.717) is 5.92 Å². The molecule has 2 heterocycles. The monoisotopic (exact) mass is 508 g/mol. The van der Waals surface area contributed by atoms with Gasteiger partial charge in [0.05, 0.1) is 6.10 Å². The second-order valence-electron chi connectivity index (χ2n) is 9.35. The molecule has 0 aromatic heterocycles. The molecular weight excluding hydrogens is 467 g/mol. The lowest BCUT2D eigenvalue weighted by Crippen LogP contribution is -2.46. The van der Waals surface area contributed by atoms with E-state index in [1.807, 2.05) is 18.7 Å². The molecule has 0 bridgehead atoms. The number of hydrogen-bond acceptors (Lipinski definition) is 3. The first kappa shape index (κ1) is 25.5. The molecule has 2 rings (SSSR count). The van der Waals surface area contributed by atoms with Crippen LogP contribution in [0.4, 0.5) is 0 Å². The van der Waals surface area contributed by atoms with Crippen molar-refractivity contribution < 1.29 is 9.53 Å². The van der Waals surface area contributed by atoms with Crippen molar-refractivity contribution in [2.75, 3.05) is 32.8 Å². The fourth-order valence-corrected chi connectivity index (χ4v) is 4.15. The maximum absolute atomic E-state index is 12.2. The average molecular weight is 508 g/mol. The normalized spacial score (nSPS) is 26.2. The van der Waals surface area contributed by atoms with Gasteiger partial charge in [-0.15, -0.1) is 24.0 Å². The molecule has 7 heteroatoms. The molecule has 2 aliphatic heterocycles. The minimum atomic E-state index is 0. The van der Waals surface area contributed by atoms with Gasteiger partial charge in [0.25, 0.3) is 0 Å². The first-order valence-corrected chi connectivity index (χ1v) is 10.7. The van der Waals surface area contributed by atoms with E-state index in [0.717, 1.165) is 51.6 Å². The third-order valence-electron chi connectivity index (χ3n) is 5.46. The van der Waals surface area contributed by atoms with Crippen molar-refractivity contribution in [3.63, 3.8) is 0 Å². The van der Waals surface area contributed by atoms with Gasteiger partial charge in [0.2, 0.25) is 5.91 Å². The highest BCUT2D eigenvalue weighted by molar-refractivity contribution is 14.0. The number of nitrogens with zero attached hydrogens (tertiary/aromatic N) is 2. The third-order valence-corrected chi connectivity index (χ3v) is 5.46. The number of hydrogen-bond donors (Lipinski definition) is 2. The predicted molar refractivity (Wildman–Crippen MR) is 126 cm³/mol. The van der Waals surface area contributed by atoms with Crippen LogP contribution in [0.1, 0.15) is 60.8 Å². The van der Waals surface area contributed by atoms with Gasteiger partial charge in [-0.25, -0.2) is 0 Å². The second kappa shape index (κ2) is 11.6. The van der Waals surface area contributed by atoms with Gasteiger partial charge >= 0.3 is 0 Å². The number of carbonyl (C=O) groups is 1. The number of ether oxygens (including phenoxy) is 1. The number of nitrogens with one attached hydrogen (secondary N) is 2. The summed E-state index contributed by atoms with van der Waals surface area (Å²) >= 11 is 0. The molecule has 2 saturated heterocycles. The van der Waals surface area contributed by atoms with Gasteiger partial charge in [0.1, 0.15) is 0 Å². The molecule has 0 aliphatic carbocycles. The first-order valence-electron chi connectivity index (χ1n) is 10.7. The average Bonchev–Trinajstić information content (AvgIpc) is 3.07. The van der Waals surface area contributed by atoms with E-state index in [1.54, 1.807) is 0 Å². The largest absolute Gasteiger partial charge is 0.377 e. The van der Waals surface area contributed by atoms with Crippen molar-refractivity contribution >= 4 is 35.8 Å². The molecule has 0 aromatic rings. The van der Waals surface area contributed by atoms with Crippen molar-refractivity contribution in [1.29, 1.82) is 0 Å². The van der Waals surface area contributed by atoms with Gasteiger partial charge in [0.15, 0.2) is 5.96 Å². The molecule has 6 nitrogen and oxygen atoms in total. The lowest BCUT2D eigenvalue weighted by molar-refractivity contribution is -0.133. The van der Waals surface area contributed by atoms with Gasteiger partial charge < -0.3 is 20.3 Å². The van der Waals surface area contributed by atoms with Crippen LogP contribution in [0.3, 0.4) is 0 Å². The molecule has 3 unspecified atom stereocenters. The number of amides is 1. The van der Waals surface area contributed by atoms with Crippen LogP contribution in [0, 0.1) is 17.3 Å². The first-order chi connectivity index (χ1) is 12.7. The fraction of sp³-hybridized carbons (Fsp3) is 0.905. The molecule has 28 heavy (non-hydrogen) atoms. The van der Waals surface area contributed by atoms with E-state index in [2.05, 4.69) is 38.3 Å². The summed E-state index contributed by atoms with van der Waals surface area (Å²) in [7, 11) is 0. The summed E-state index contributed by atoms with van der Waals surface area (Å²) in [6, 6.07) is 0.270. The molecule has 0 spiro atoms. The van der Waals surface area contributed by atoms with Crippen molar-refractivity contribution in [2.45, 2.75) is 73.0 Å². The van der Waals surface area contributed by atoms with Crippen molar-refractivity contribution in [3.05, 3.63) is 0 Å². The van der Waals surface area contributed by atoms with Crippen LogP contribution in [-0.4, -0.2) is 61.7 Å². The number of carbonyl (C=O) groups excluding carboxylic acids is 1. The zero-order valence-electron chi connectivity index (χ0n) is 18.6. The van der Waals surface area contributed by atoms with Crippen LogP contribution >= 0.6 is 24.0 Å². The van der Waals surface area contributed by atoms with Crippen LogP contribution < -0.4 is 10.6 Å². The number of likely N-dealkylation sites (tertiary alicyclic amines) is 1. The van der Waals surface area contributed by atoms with Gasteiger partial charge in [-0.1, -0.05) is 34.6 Å². The highest BCUT2D eigenvalue weighted by atomic mass is 127. The van der Waals surface area contributed by atoms with Crippen molar-refractivity contribution in [3.8, 4) is 0 Å². The van der Waals surface area contributed by atoms with Crippen LogP contribution in [0.25, 0.3) is 0 Å². The Balaban J connectivity index is 0.00000392. The molecule has 0 radical (unpaired) electrons. The summed E-state index contributed by atoms with van der Waals surface area (Å²) in [6.07, 6.45) is 3.51. The zero-order chi connectivity index (χ0) is 20.0. The van der Waals surface area contributed by atoms with E-state index in [9.17, 15) is 4.79 Å². The van der Waals surface area contributed by atoms with Crippen molar-refractivity contribution in [1.82, 2.24) is 15.5 Å². The third kappa shape index (κ3) is 7.35. The van der Waals surface area contributed by atoms with Crippen LogP contribution in [0.2, 0.25) is 0 Å². The van der Waals surface area contributed by atoms with E-state index < -0.39 is 0 Å². The Labute approximate surface area is 188 Å². The topological polar surface area (TPSA) is 66.0 Å². The molecule has 0 saturated carbocycles. The summed E-state index contributed by atoms with van der Waals surface area (Å²) in [5, 5.41) is 6.90. The summed E-state index contributed by atoms with van der Waals surface area (Å²) in [6.45, 7) is 16.8. The molecule has 2 fully saturated rings. The Hall–Kier alpha value is -0.570. The number of aliphatic imine (C=N–C) groups is 1. The van der Waals surface area contributed by atoms with Gasteiger partial charge in [-0.2, -0.15) is 0 Å². The lowest BCUT2D eigenvalue weighted by atomic mass is 9.78. The molecule has 3 atom stereocenters. The van der Waals surface area contributed by atoms with Gasteiger partial charge in [0, 0.05) is 50.7 Å². The summed E-state index contributed by atoms with van der Waals surface area (Å²) < 4.78 is 6.09. The smallest absolute Gasteiger partial charge is 0.225 e. The van der Waals surface area contributed by atoms with Crippen LogP contribution in [-0.2, 0) is 9.53 Å². The Morgan fingerprint density at radius 3 is 2.61 bits per heavy atom.